The Labute approximate surface area is 214 Å². The van der Waals surface area contributed by atoms with Crippen molar-refractivity contribution in [3.05, 3.63) is 106 Å². The van der Waals surface area contributed by atoms with Gasteiger partial charge in [-0.3, -0.25) is 4.79 Å². The number of carbonyl (C=O) groups excluding carboxylic acids is 2. The molecule has 0 atom stereocenters. The first-order valence-corrected chi connectivity index (χ1v) is 12.4. The second kappa shape index (κ2) is 9.82. The molecule has 0 saturated carbocycles. The first-order valence-electron chi connectivity index (χ1n) is 10.8. The summed E-state index contributed by atoms with van der Waals surface area (Å²) in [6.07, 6.45) is 0. The minimum Gasteiger partial charge on any atom is -0.465 e. The third-order valence-electron chi connectivity index (χ3n) is 5.59. The molecule has 2 aromatic heterocycles. The lowest BCUT2D eigenvalue weighted by atomic mass is 10.0. The summed E-state index contributed by atoms with van der Waals surface area (Å²) in [7, 11) is 1.33. The molecule has 0 aliphatic heterocycles. The number of thiophene rings is 1. The number of esters is 1. The maximum atomic E-state index is 13.6. The van der Waals surface area contributed by atoms with Gasteiger partial charge in [0.15, 0.2) is 0 Å². The predicted molar refractivity (Wildman–Crippen MR) is 144 cm³/mol. The van der Waals surface area contributed by atoms with Crippen LogP contribution in [0.5, 0.6) is 0 Å². The lowest BCUT2D eigenvalue weighted by Crippen LogP contribution is -2.15. The number of ether oxygens (including phenoxy) is 1. The molecule has 0 unspecified atom stereocenters. The number of nitrogens with one attached hydrogen (secondary N) is 1. The van der Waals surface area contributed by atoms with Crippen LogP contribution in [0.15, 0.2) is 94.8 Å². The quantitative estimate of drug-likeness (QED) is 0.234. The number of para-hydroxylation sites is 1. The summed E-state index contributed by atoms with van der Waals surface area (Å²) in [5.74, 6) is -0.830. The molecule has 0 aliphatic rings. The fourth-order valence-corrected chi connectivity index (χ4v) is 5.10. The largest absolute Gasteiger partial charge is 0.465 e. The van der Waals surface area contributed by atoms with Crippen molar-refractivity contribution in [2.45, 2.75) is 0 Å². The molecule has 0 radical (unpaired) electrons. The van der Waals surface area contributed by atoms with Gasteiger partial charge in [-0.1, -0.05) is 76.6 Å². The van der Waals surface area contributed by atoms with Gasteiger partial charge in [0.05, 0.1) is 23.9 Å². The molecule has 1 N–H and O–H groups in total. The van der Waals surface area contributed by atoms with Crippen LogP contribution in [0.1, 0.15) is 20.7 Å². The summed E-state index contributed by atoms with van der Waals surface area (Å²) in [5, 5.41) is 5.98. The zero-order valence-electron chi connectivity index (χ0n) is 18.6. The van der Waals surface area contributed by atoms with Gasteiger partial charge < -0.3 is 10.1 Å². The molecule has 0 aliphatic carbocycles. The third-order valence-corrected chi connectivity index (χ3v) is 7.02. The first kappa shape index (κ1) is 23.0. The van der Waals surface area contributed by atoms with E-state index in [4.69, 9.17) is 9.72 Å². The van der Waals surface area contributed by atoms with E-state index < -0.39 is 5.97 Å². The molecule has 35 heavy (non-hydrogen) atoms. The van der Waals surface area contributed by atoms with E-state index in [9.17, 15) is 9.59 Å². The second-order valence-corrected chi connectivity index (χ2v) is 9.54. The van der Waals surface area contributed by atoms with Gasteiger partial charge in [0.1, 0.15) is 10.6 Å². The molecule has 3 aromatic carbocycles. The SMILES string of the molecule is COC(=O)c1c(-c2ccccc2)csc1NC(=O)c1cc(-c2ccc(Br)cc2)nc2ccccc12. The average molecular weight is 543 g/mol. The molecular formula is C28H19BrN2O3S. The van der Waals surface area contributed by atoms with Crippen molar-refractivity contribution in [2.75, 3.05) is 12.4 Å². The Bertz CT molecular complexity index is 1550. The van der Waals surface area contributed by atoms with Crippen LogP contribution in [0, 0.1) is 0 Å². The highest BCUT2D eigenvalue weighted by Gasteiger charge is 2.23. The minimum atomic E-state index is -0.504. The molecule has 5 aromatic rings. The van der Waals surface area contributed by atoms with E-state index in [0.29, 0.717) is 32.9 Å². The zero-order valence-corrected chi connectivity index (χ0v) is 21.0. The molecule has 172 valence electrons. The maximum absolute atomic E-state index is 13.6. The molecule has 1 amide bonds. The van der Waals surface area contributed by atoms with Crippen molar-refractivity contribution >= 4 is 55.0 Å². The number of amides is 1. The molecule has 5 nitrogen and oxygen atoms in total. The Kier molecular flexibility index (Phi) is 6.44. The van der Waals surface area contributed by atoms with Gasteiger partial charge >= 0.3 is 5.97 Å². The highest BCUT2D eigenvalue weighted by atomic mass is 79.9. The van der Waals surface area contributed by atoms with E-state index in [1.54, 1.807) is 6.07 Å². The number of anilines is 1. The van der Waals surface area contributed by atoms with Crippen LogP contribution in [0.3, 0.4) is 0 Å². The van der Waals surface area contributed by atoms with Gasteiger partial charge in [0, 0.05) is 26.4 Å². The van der Waals surface area contributed by atoms with Gasteiger partial charge in [-0.05, 0) is 29.8 Å². The first-order chi connectivity index (χ1) is 17.0. The molecule has 2 heterocycles. The predicted octanol–water partition coefficient (Wildman–Crippen LogP) is 7.43. The fraction of sp³-hybridized carbons (Fsp3) is 0.0357. The van der Waals surface area contributed by atoms with Gasteiger partial charge in [0.2, 0.25) is 0 Å². The van der Waals surface area contributed by atoms with Crippen LogP contribution >= 0.6 is 27.3 Å². The molecule has 7 heteroatoms. The summed E-state index contributed by atoms with van der Waals surface area (Å²) in [6, 6.07) is 26.6. The highest BCUT2D eigenvalue weighted by Crippen LogP contribution is 2.37. The Morgan fingerprint density at radius 3 is 2.37 bits per heavy atom. The molecule has 0 spiro atoms. The van der Waals surface area contributed by atoms with Crippen molar-refractivity contribution in [3.63, 3.8) is 0 Å². The van der Waals surface area contributed by atoms with Crippen molar-refractivity contribution in [1.29, 1.82) is 0 Å². The summed E-state index contributed by atoms with van der Waals surface area (Å²) in [6.45, 7) is 0. The Morgan fingerprint density at radius 2 is 1.63 bits per heavy atom. The molecular weight excluding hydrogens is 524 g/mol. The monoisotopic (exact) mass is 542 g/mol. The standard InChI is InChI=1S/C28H19BrN2O3S/c1-34-28(33)25-22(17-7-3-2-4-8-17)16-35-27(25)31-26(32)21-15-24(18-11-13-19(29)14-12-18)30-23-10-6-5-9-20(21)23/h2-16H,1H3,(H,31,32). The van der Waals surface area contributed by atoms with Gasteiger partial charge in [-0.15, -0.1) is 11.3 Å². The van der Waals surface area contributed by atoms with Crippen LogP contribution < -0.4 is 5.32 Å². The molecule has 0 bridgehead atoms. The van der Waals surface area contributed by atoms with Crippen LogP contribution in [-0.4, -0.2) is 24.0 Å². The van der Waals surface area contributed by atoms with Crippen LogP contribution in [0.25, 0.3) is 33.3 Å². The zero-order chi connectivity index (χ0) is 24.4. The molecule has 0 fully saturated rings. The number of hydrogen-bond acceptors (Lipinski definition) is 5. The second-order valence-electron chi connectivity index (χ2n) is 7.74. The van der Waals surface area contributed by atoms with Gasteiger partial charge in [-0.25, -0.2) is 9.78 Å². The number of benzene rings is 3. The van der Waals surface area contributed by atoms with E-state index in [0.717, 1.165) is 21.0 Å². The Balaban J connectivity index is 1.58. The van der Waals surface area contributed by atoms with Crippen molar-refractivity contribution in [3.8, 4) is 22.4 Å². The van der Waals surface area contributed by atoms with E-state index in [1.165, 1.54) is 18.4 Å². The summed E-state index contributed by atoms with van der Waals surface area (Å²) < 4.78 is 6.00. The number of fused-ring (bicyclic) bond motifs is 1. The number of pyridine rings is 1. The lowest BCUT2D eigenvalue weighted by Gasteiger charge is -2.11. The van der Waals surface area contributed by atoms with E-state index in [-0.39, 0.29) is 5.91 Å². The van der Waals surface area contributed by atoms with E-state index >= 15 is 0 Å². The number of aromatic nitrogens is 1. The van der Waals surface area contributed by atoms with Crippen LogP contribution in [0.2, 0.25) is 0 Å². The number of methoxy groups -OCH3 is 1. The topological polar surface area (TPSA) is 68.3 Å². The Morgan fingerprint density at radius 1 is 0.914 bits per heavy atom. The summed E-state index contributed by atoms with van der Waals surface area (Å²) in [4.78, 5) is 31.0. The van der Waals surface area contributed by atoms with Gasteiger partial charge in [0.25, 0.3) is 5.91 Å². The van der Waals surface area contributed by atoms with Crippen molar-refractivity contribution < 1.29 is 14.3 Å². The number of carbonyl (C=O) groups is 2. The normalized spacial score (nSPS) is 10.8. The third kappa shape index (κ3) is 4.60. The van der Waals surface area contributed by atoms with Gasteiger partial charge in [-0.2, -0.15) is 0 Å². The smallest absolute Gasteiger partial charge is 0.341 e. The molecule has 5 rings (SSSR count). The summed E-state index contributed by atoms with van der Waals surface area (Å²) in [5.41, 5.74) is 4.69. The molecule has 0 saturated heterocycles. The van der Waals surface area contributed by atoms with E-state index in [2.05, 4.69) is 21.2 Å². The lowest BCUT2D eigenvalue weighted by molar-refractivity contribution is 0.0603. The van der Waals surface area contributed by atoms with Crippen LogP contribution in [0.4, 0.5) is 5.00 Å². The van der Waals surface area contributed by atoms with Crippen molar-refractivity contribution in [2.24, 2.45) is 0 Å². The number of hydrogen-bond donors (Lipinski definition) is 1. The van der Waals surface area contributed by atoms with E-state index in [1.807, 2.05) is 84.2 Å². The highest BCUT2D eigenvalue weighted by molar-refractivity contribution is 9.10. The maximum Gasteiger partial charge on any atom is 0.341 e. The average Bonchev–Trinajstić information content (AvgIpc) is 3.32. The van der Waals surface area contributed by atoms with Crippen LogP contribution in [-0.2, 0) is 4.74 Å². The number of rotatable bonds is 5. The number of halogens is 1. The number of nitrogens with zero attached hydrogens (tertiary/aromatic N) is 1. The van der Waals surface area contributed by atoms with Crippen molar-refractivity contribution in [1.82, 2.24) is 4.98 Å². The minimum absolute atomic E-state index is 0.325. The fourth-order valence-electron chi connectivity index (χ4n) is 3.89. The Hall–Kier alpha value is -3.81. The summed E-state index contributed by atoms with van der Waals surface area (Å²) >= 11 is 4.75.